The van der Waals surface area contributed by atoms with Crippen LogP contribution in [0.25, 0.3) is 0 Å². The van der Waals surface area contributed by atoms with Crippen LogP contribution in [0.1, 0.15) is 25.7 Å². The van der Waals surface area contributed by atoms with Gasteiger partial charge in [0.2, 0.25) is 0 Å². The molecule has 6 nitrogen and oxygen atoms in total. The van der Waals surface area contributed by atoms with Crippen molar-refractivity contribution < 1.29 is 9.53 Å². The van der Waals surface area contributed by atoms with Gasteiger partial charge < -0.3 is 4.74 Å². The van der Waals surface area contributed by atoms with Gasteiger partial charge in [0.25, 0.3) is 5.91 Å². The van der Waals surface area contributed by atoms with Crippen molar-refractivity contribution >= 4 is 17.8 Å². The van der Waals surface area contributed by atoms with Crippen LogP contribution < -0.4 is 5.43 Å². The van der Waals surface area contributed by atoms with Crippen LogP contribution in [-0.2, 0) is 9.53 Å². The SMILES string of the molecule is O=C1C2=C3C(=CNN=C3CC2)C=NN1C1CCOCC1. The molecule has 3 heterocycles. The molecule has 0 saturated carbocycles. The molecule has 0 bridgehead atoms. The Hall–Kier alpha value is -1.95. The van der Waals surface area contributed by atoms with Crippen molar-refractivity contribution in [2.45, 2.75) is 31.7 Å². The summed E-state index contributed by atoms with van der Waals surface area (Å²) in [6.45, 7) is 1.40. The van der Waals surface area contributed by atoms with E-state index in [1.54, 1.807) is 11.2 Å². The number of rotatable bonds is 1. The molecular weight excluding hydrogens is 256 g/mol. The van der Waals surface area contributed by atoms with Crippen molar-refractivity contribution in [3.8, 4) is 0 Å². The quantitative estimate of drug-likeness (QED) is 0.772. The molecule has 0 aromatic heterocycles. The standard InChI is InChI=1S/C14H16N4O2/c19-14-11-1-2-12-13(11)9(7-15-17-12)8-16-18(14)10-3-5-20-6-4-10/h7-8,10,15H,1-6H2. The molecule has 1 N–H and O–H groups in total. The molecule has 0 atom stereocenters. The maximum absolute atomic E-state index is 12.8. The fourth-order valence-corrected chi connectivity index (χ4v) is 3.19. The Morgan fingerprint density at radius 1 is 1.30 bits per heavy atom. The van der Waals surface area contributed by atoms with Crippen LogP contribution in [0.2, 0.25) is 0 Å². The van der Waals surface area contributed by atoms with Gasteiger partial charge in [-0.15, -0.1) is 0 Å². The number of allylic oxidation sites excluding steroid dienone is 2. The number of nitrogens with one attached hydrogen (secondary N) is 1. The number of ether oxygens (including phenoxy) is 1. The van der Waals surface area contributed by atoms with E-state index in [1.807, 2.05) is 6.20 Å². The summed E-state index contributed by atoms with van der Waals surface area (Å²) in [6, 6.07) is 0.148. The molecule has 6 heteroatoms. The monoisotopic (exact) mass is 272 g/mol. The summed E-state index contributed by atoms with van der Waals surface area (Å²) in [7, 11) is 0. The van der Waals surface area contributed by atoms with Gasteiger partial charge in [0.15, 0.2) is 0 Å². The Labute approximate surface area is 116 Å². The highest BCUT2D eigenvalue weighted by Gasteiger charge is 2.36. The molecule has 0 radical (unpaired) electrons. The molecule has 4 rings (SSSR count). The van der Waals surface area contributed by atoms with E-state index in [0.29, 0.717) is 13.2 Å². The number of carbonyl (C=O) groups is 1. The Kier molecular flexibility index (Phi) is 2.70. The first kappa shape index (κ1) is 11.8. The minimum Gasteiger partial charge on any atom is -0.381 e. The van der Waals surface area contributed by atoms with Crippen LogP contribution >= 0.6 is 0 Å². The highest BCUT2D eigenvalue weighted by Crippen LogP contribution is 2.34. The van der Waals surface area contributed by atoms with Gasteiger partial charge in [0.1, 0.15) is 0 Å². The van der Waals surface area contributed by atoms with Gasteiger partial charge in [-0.25, -0.2) is 5.01 Å². The molecule has 0 aromatic carbocycles. The maximum Gasteiger partial charge on any atom is 0.270 e. The molecule has 1 saturated heterocycles. The van der Waals surface area contributed by atoms with Crippen LogP contribution in [0.15, 0.2) is 33.1 Å². The van der Waals surface area contributed by atoms with E-state index >= 15 is 0 Å². The van der Waals surface area contributed by atoms with Gasteiger partial charge in [-0.3, -0.25) is 10.2 Å². The molecular formula is C14H16N4O2. The molecule has 0 spiro atoms. The highest BCUT2D eigenvalue weighted by molar-refractivity contribution is 6.19. The van der Waals surface area contributed by atoms with Gasteiger partial charge in [-0.05, 0) is 25.7 Å². The third-order valence-corrected chi connectivity index (χ3v) is 4.23. The van der Waals surface area contributed by atoms with E-state index < -0.39 is 0 Å². The van der Waals surface area contributed by atoms with Crippen molar-refractivity contribution in [3.05, 3.63) is 22.9 Å². The lowest BCUT2D eigenvalue weighted by molar-refractivity contribution is -0.131. The average molecular weight is 272 g/mol. The van der Waals surface area contributed by atoms with Gasteiger partial charge >= 0.3 is 0 Å². The predicted octanol–water partition coefficient (Wildman–Crippen LogP) is 0.927. The molecule has 4 aliphatic rings. The summed E-state index contributed by atoms with van der Waals surface area (Å²) in [4.78, 5) is 12.8. The normalized spacial score (nSPS) is 26.0. The molecule has 1 aliphatic carbocycles. The fourth-order valence-electron chi connectivity index (χ4n) is 3.19. The van der Waals surface area contributed by atoms with Crippen LogP contribution in [0, 0.1) is 0 Å². The average Bonchev–Trinajstić information content (AvgIpc) is 2.87. The third kappa shape index (κ3) is 1.71. The second kappa shape index (κ2) is 4.56. The molecule has 104 valence electrons. The topological polar surface area (TPSA) is 66.3 Å². The molecule has 0 aromatic rings. The summed E-state index contributed by atoms with van der Waals surface area (Å²) in [6.07, 6.45) is 6.89. The second-order valence-corrected chi connectivity index (χ2v) is 5.38. The first-order chi connectivity index (χ1) is 9.84. The molecule has 1 amide bonds. The number of hydrazone groups is 2. The van der Waals surface area contributed by atoms with Crippen molar-refractivity contribution in [2.75, 3.05) is 13.2 Å². The predicted molar refractivity (Wildman–Crippen MR) is 74.1 cm³/mol. The van der Waals surface area contributed by atoms with E-state index in [1.165, 1.54) is 0 Å². The number of hydrogen-bond acceptors (Lipinski definition) is 5. The lowest BCUT2D eigenvalue weighted by Crippen LogP contribution is -2.40. The van der Waals surface area contributed by atoms with Crippen molar-refractivity contribution in [1.29, 1.82) is 0 Å². The number of amides is 1. The van der Waals surface area contributed by atoms with E-state index in [9.17, 15) is 4.79 Å². The zero-order valence-electron chi connectivity index (χ0n) is 11.1. The third-order valence-electron chi connectivity index (χ3n) is 4.23. The summed E-state index contributed by atoms with van der Waals surface area (Å²) in [5.41, 5.74) is 6.69. The zero-order chi connectivity index (χ0) is 13.5. The Balaban J connectivity index is 1.73. The first-order valence-electron chi connectivity index (χ1n) is 7.06. The van der Waals surface area contributed by atoms with E-state index in [0.717, 1.165) is 48.1 Å². The van der Waals surface area contributed by atoms with Crippen molar-refractivity contribution in [2.24, 2.45) is 10.2 Å². The molecule has 0 unspecified atom stereocenters. The number of hydrogen-bond donors (Lipinski definition) is 1. The lowest BCUT2D eigenvalue weighted by Gasteiger charge is -2.30. The molecule has 20 heavy (non-hydrogen) atoms. The minimum absolute atomic E-state index is 0.0404. The Morgan fingerprint density at radius 2 is 2.15 bits per heavy atom. The summed E-state index contributed by atoms with van der Waals surface area (Å²) < 4.78 is 5.37. The fraction of sp³-hybridized carbons (Fsp3) is 0.500. The Morgan fingerprint density at radius 3 is 3.00 bits per heavy atom. The van der Waals surface area contributed by atoms with Gasteiger partial charge in [0.05, 0.1) is 18.0 Å². The summed E-state index contributed by atoms with van der Waals surface area (Å²) >= 11 is 0. The lowest BCUT2D eigenvalue weighted by atomic mass is 10.0. The summed E-state index contributed by atoms with van der Waals surface area (Å²) in [5.74, 6) is 0.0404. The number of nitrogens with zero attached hydrogens (tertiary/aromatic N) is 3. The minimum atomic E-state index is 0.0404. The van der Waals surface area contributed by atoms with Gasteiger partial charge in [-0.1, -0.05) is 0 Å². The second-order valence-electron chi connectivity index (χ2n) is 5.38. The van der Waals surface area contributed by atoms with Gasteiger partial charge in [0, 0.05) is 36.1 Å². The van der Waals surface area contributed by atoms with E-state index in [4.69, 9.17) is 4.74 Å². The van der Waals surface area contributed by atoms with Crippen LogP contribution in [0.4, 0.5) is 0 Å². The summed E-state index contributed by atoms with van der Waals surface area (Å²) in [5, 5.41) is 10.4. The maximum atomic E-state index is 12.8. The smallest absolute Gasteiger partial charge is 0.270 e. The number of carbonyl (C=O) groups excluding carboxylic acids is 1. The van der Waals surface area contributed by atoms with Gasteiger partial charge in [-0.2, -0.15) is 10.2 Å². The van der Waals surface area contributed by atoms with Crippen molar-refractivity contribution in [1.82, 2.24) is 10.4 Å². The van der Waals surface area contributed by atoms with Crippen LogP contribution in [0.3, 0.4) is 0 Å². The van der Waals surface area contributed by atoms with E-state index in [-0.39, 0.29) is 11.9 Å². The largest absolute Gasteiger partial charge is 0.381 e. The van der Waals surface area contributed by atoms with E-state index in [2.05, 4.69) is 15.6 Å². The van der Waals surface area contributed by atoms with Crippen LogP contribution in [0.5, 0.6) is 0 Å². The van der Waals surface area contributed by atoms with Crippen molar-refractivity contribution in [3.63, 3.8) is 0 Å². The first-order valence-corrected chi connectivity index (χ1v) is 7.06. The zero-order valence-corrected chi connectivity index (χ0v) is 11.1. The Bertz CT molecular complexity index is 582. The molecule has 3 aliphatic heterocycles. The highest BCUT2D eigenvalue weighted by atomic mass is 16.5. The van der Waals surface area contributed by atoms with Crippen LogP contribution in [-0.4, -0.2) is 42.1 Å². The molecule has 1 fully saturated rings.